The second-order valence-electron chi connectivity index (χ2n) is 6.83. The molecule has 0 spiro atoms. The second-order valence-corrected chi connectivity index (χ2v) is 6.83. The number of hydrogen-bond donors (Lipinski definition) is 1. The van der Waals surface area contributed by atoms with E-state index in [-0.39, 0.29) is 31.2 Å². The number of fused-ring (bicyclic) bond motifs is 5. The maximum atomic E-state index is 13.4. The first-order chi connectivity index (χ1) is 14.0. The fraction of sp³-hybridized carbons (Fsp3) is 0.286. The molecule has 2 aliphatic rings. The monoisotopic (exact) mass is 396 g/mol. The van der Waals surface area contributed by atoms with Gasteiger partial charge >= 0.3 is 5.97 Å². The van der Waals surface area contributed by atoms with Crippen LogP contribution in [-0.4, -0.2) is 48.6 Å². The zero-order valence-electron chi connectivity index (χ0n) is 16.0. The summed E-state index contributed by atoms with van der Waals surface area (Å²) in [6.45, 7) is 0.210. The number of carboxylic acid groups (broad SMARTS) is 1. The van der Waals surface area contributed by atoms with Crippen LogP contribution in [0.25, 0.3) is 0 Å². The molecule has 2 heterocycles. The zero-order valence-corrected chi connectivity index (χ0v) is 16.0. The van der Waals surface area contributed by atoms with Gasteiger partial charge in [-0.05, 0) is 24.6 Å². The number of carboxylic acids is 1. The lowest BCUT2D eigenvalue weighted by Crippen LogP contribution is -2.48. The summed E-state index contributed by atoms with van der Waals surface area (Å²) in [5, 5.41) is 8.98. The average Bonchev–Trinajstić information content (AvgIpc) is 3.02. The summed E-state index contributed by atoms with van der Waals surface area (Å²) in [7, 11) is 2.96. The zero-order chi connectivity index (χ0) is 20.7. The van der Waals surface area contributed by atoms with Crippen LogP contribution in [0, 0.1) is 0 Å². The van der Waals surface area contributed by atoms with Gasteiger partial charge in [0.25, 0.3) is 11.8 Å². The van der Waals surface area contributed by atoms with Gasteiger partial charge in [-0.15, -0.1) is 0 Å². The molecular formula is C21H20N2O6. The lowest BCUT2D eigenvalue weighted by molar-refractivity contribution is -0.137. The Morgan fingerprint density at radius 1 is 1.07 bits per heavy atom. The Labute approximate surface area is 167 Å². The molecule has 0 bridgehead atoms. The summed E-state index contributed by atoms with van der Waals surface area (Å²) in [4.78, 5) is 40.7. The molecular weight excluding hydrogens is 376 g/mol. The number of rotatable bonds is 6. The average molecular weight is 396 g/mol. The van der Waals surface area contributed by atoms with E-state index < -0.39 is 12.1 Å². The number of nitrogens with zero attached hydrogens (tertiary/aromatic N) is 2. The molecule has 0 saturated carbocycles. The lowest BCUT2D eigenvalue weighted by Gasteiger charge is -2.40. The number of carbonyl (C=O) groups excluding carboxylic acids is 2. The summed E-state index contributed by atoms with van der Waals surface area (Å²) < 4.78 is 10.8. The van der Waals surface area contributed by atoms with Crippen molar-refractivity contribution in [2.45, 2.75) is 19.0 Å². The van der Waals surface area contributed by atoms with E-state index in [0.717, 1.165) is 0 Å². The van der Waals surface area contributed by atoms with Crippen molar-refractivity contribution in [3.63, 3.8) is 0 Å². The standard InChI is InChI=1S/C21H20N2O6/c1-28-15-10-9-13-17(18(15)29-2)21(27)23-14-7-4-3-6-12(14)20(26)22(19(13)23)11-5-8-16(24)25/h3-4,6-7,9-10,19H,5,8,11H2,1-2H3,(H,24,25)/t19-/m0/s1. The Bertz CT molecular complexity index is 1020. The van der Waals surface area contributed by atoms with E-state index in [4.69, 9.17) is 14.6 Å². The van der Waals surface area contributed by atoms with Gasteiger partial charge in [0, 0.05) is 18.5 Å². The lowest BCUT2D eigenvalue weighted by atomic mass is 10.0. The van der Waals surface area contributed by atoms with Gasteiger partial charge in [-0.3, -0.25) is 19.3 Å². The first kappa shape index (κ1) is 18.8. The molecule has 8 nitrogen and oxygen atoms in total. The highest BCUT2D eigenvalue weighted by molar-refractivity contribution is 6.18. The van der Waals surface area contributed by atoms with Crippen LogP contribution in [0.4, 0.5) is 5.69 Å². The van der Waals surface area contributed by atoms with E-state index >= 15 is 0 Å². The highest BCUT2D eigenvalue weighted by Crippen LogP contribution is 2.49. The number of hydrogen-bond acceptors (Lipinski definition) is 5. The number of ether oxygens (including phenoxy) is 2. The van der Waals surface area contributed by atoms with Crippen LogP contribution in [0.15, 0.2) is 36.4 Å². The third-order valence-corrected chi connectivity index (χ3v) is 5.27. The molecule has 4 rings (SSSR count). The summed E-state index contributed by atoms with van der Waals surface area (Å²) in [6, 6.07) is 10.4. The predicted molar refractivity (Wildman–Crippen MR) is 103 cm³/mol. The molecule has 1 N–H and O–H groups in total. The molecule has 0 aliphatic carbocycles. The third kappa shape index (κ3) is 2.79. The number of anilines is 1. The highest BCUT2D eigenvalue weighted by Gasteiger charge is 2.49. The number of methoxy groups -OCH3 is 2. The van der Waals surface area contributed by atoms with Gasteiger partial charge in [0.1, 0.15) is 6.17 Å². The minimum Gasteiger partial charge on any atom is -0.493 e. The molecule has 2 aromatic rings. The molecule has 2 aliphatic heterocycles. The molecule has 2 aromatic carbocycles. The molecule has 0 fully saturated rings. The van der Waals surface area contributed by atoms with E-state index in [1.165, 1.54) is 14.2 Å². The topological polar surface area (TPSA) is 96.4 Å². The van der Waals surface area contributed by atoms with Crippen molar-refractivity contribution in [3.8, 4) is 11.5 Å². The molecule has 150 valence electrons. The SMILES string of the molecule is COc1ccc2c(c1OC)C(=O)N1c3ccccc3C(=O)N(CCCC(=O)O)[C@H]21. The quantitative estimate of drug-likeness (QED) is 0.807. The molecule has 0 unspecified atom stereocenters. The normalized spacial score (nSPS) is 17.0. The van der Waals surface area contributed by atoms with Crippen LogP contribution in [0.3, 0.4) is 0 Å². The van der Waals surface area contributed by atoms with Crippen molar-refractivity contribution in [3.05, 3.63) is 53.1 Å². The summed E-state index contributed by atoms with van der Waals surface area (Å²) >= 11 is 0. The fourth-order valence-corrected chi connectivity index (χ4v) is 4.05. The largest absolute Gasteiger partial charge is 0.493 e. The summed E-state index contributed by atoms with van der Waals surface area (Å²) in [5.41, 5.74) is 1.92. The van der Waals surface area contributed by atoms with Gasteiger partial charge in [-0.25, -0.2) is 0 Å². The van der Waals surface area contributed by atoms with Gasteiger partial charge in [0.15, 0.2) is 11.5 Å². The number of carbonyl (C=O) groups is 3. The molecule has 0 aromatic heterocycles. The van der Waals surface area contributed by atoms with Gasteiger partial charge in [0.2, 0.25) is 0 Å². The van der Waals surface area contributed by atoms with Crippen molar-refractivity contribution in [2.24, 2.45) is 0 Å². The van der Waals surface area contributed by atoms with Crippen LogP contribution >= 0.6 is 0 Å². The maximum Gasteiger partial charge on any atom is 0.303 e. The molecule has 1 atom stereocenters. The minimum atomic E-state index is -0.930. The van der Waals surface area contributed by atoms with Crippen LogP contribution in [0.2, 0.25) is 0 Å². The maximum absolute atomic E-state index is 13.4. The van der Waals surface area contributed by atoms with E-state index in [1.807, 2.05) is 0 Å². The van der Waals surface area contributed by atoms with Crippen molar-refractivity contribution in [2.75, 3.05) is 25.7 Å². The minimum absolute atomic E-state index is 0.0646. The van der Waals surface area contributed by atoms with Gasteiger partial charge in [-0.1, -0.05) is 18.2 Å². The van der Waals surface area contributed by atoms with Crippen LogP contribution in [0.5, 0.6) is 11.5 Å². The number of amides is 2. The number of para-hydroxylation sites is 1. The van der Waals surface area contributed by atoms with E-state index in [1.54, 1.807) is 46.2 Å². The number of benzene rings is 2. The fourth-order valence-electron chi connectivity index (χ4n) is 4.05. The van der Waals surface area contributed by atoms with Crippen molar-refractivity contribution in [1.29, 1.82) is 0 Å². The van der Waals surface area contributed by atoms with Crippen LogP contribution in [-0.2, 0) is 4.79 Å². The van der Waals surface area contributed by atoms with Crippen molar-refractivity contribution < 1.29 is 29.0 Å². The Kier molecular flexibility index (Phi) is 4.62. The number of aliphatic carboxylic acids is 1. The first-order valence-corrected chi connectivity index (χ1v) is 9.19. The van der Waals surface area contributed by atoms with Gasteiger partial charge in [-0.2, -0.15) is 0 Å². The van der Waals surface area contributed by atoms with Crippen LogP contribution < -0.4 is 14.4 Å². The van der Waals surface area contributed by atoms with Crippen molar-refractivity contribution in [1.82, 2.24) is 4.90 Å². The van der Waals surface area contributed by atoms with Crippen molar-refractivity contribution >= 4 is 23.5 Å². The predicted octanol–water partition coefficient (Wildman–Crippen LogP) is 2.68. The van der Waals surface area contributed by atoms with Gasteiger partial charge in [0.05, 0.1) is 31.0 Å². The Morgan fingerprint density at radius 3 is 2.52 bits per heavy atom. The van der Waals surface area contributed by atoms with E-state index in [2.05, 4.69) is 0 Å². The third-order valence-electron chi connectivity index (χ3n) is 5.27. The molecule has 8 heteroatoms. The van der Waals surface area contributed by atoms with Crippen LogP contribution in [0.1, 0.15) is 45.3 Å². The van der Waals surface area contributed by atoms with E-state index in [9.17, 15) is 14.4 Å². The second kappa shape index (κ2) is 7.12. The summed E-state index contributed by atoms with van der Waals surface area (Å²) in [6.07, 6.45) is -0.441. The Morgan fingerprint density at radius 2 is 1.83 bits per heavy atom. The van der Waals surface area contributed by atoms with E-state index in [0.29, 0.717) is 33.9 Å². The first-order valence-electron chi connectivity index (χ1n) is 9.19. The van der Waals surface area contributed by atoms with Gasteiger partial charge < -0.3 is 19.5 Å². The molecule has 0 saturated heterocycles. The summed E-state index contributed by atoms with van der Waals surface area (Å²) in [5.74, 6) is -0.705. The molecule has 2 amide bonds. The Balaban J connectivity index is 1.87. The molecule has 29 heavy (non-hydrogen) atoms. The highest BCUT2D eigenvalue weighted by atomic mass is 16.5. The molecule has 0 radical (unpaired) electrons. The Hall–Kier alpha value is -3.55. The smallest absolute Gasteiger partial charge is 0.303 e.